The minimum atomic E-state index is -0.377. The molecule has 0 radical (unpaired) electrons. The summed E-state index contributed by atoms with van der Waals surface area (Å²) in [6.07, 6.45) is 2.09. The number of nitrogens with one attached hydrogen (secondary N) is 1. The van der Waals surface area contributed by atoms with E-state index in [2.05, 4.69) is 44.0 Å². The largest absolute Gasteiger partial charge is 0.494 e. The van der Waals surface area contributed by atoms with Crippen LogP contribution in [0.25, 0.3) is 11.3 Å². The third-order valence-corrected chi connectivity index (χ3v) is 5.80. The number of hydrogen-bond acceptors (Lipinski definition) is 3. The first-order valence-electron chi connectivity index (χ1n) is 10.7. The van der Waals surface area contributed by atoms with Crippen molar-refractivity contribution in [2.75, 3.05) is 6.61 Å². The third kappa shape index (κ3) is 4.07. The summed E-state index contributed by atoms with van der Waals surface area (Å²) in [5.74, 6) is 0.773. The molecule has 0 spiro atoms. The monoisotopic (exact) mass is 437 g/mol. The molecule has 0 fully saturated rings. The van der Waals surface area contributed by atoms with Gasteiger partial charge in [-0.25, -0.2) is 0 Å². The first-order valence-corrected chi connectivity index (χ1v) is 11.1. The van der Waals surface area contributed by atoms with E-state index in [0.717, 1.165) is 41.0 Å². The topological polar surface area (TPSA) is 58.2 Å². The second-order valence-electron chi connectivity index (χ2n) is 8.89. The van der Waals surface area contributed by atoms with Crippen molar-refractivity contribution in [3.8, 4) is 17.0 Å². The average molecular weight is 438 g/mol. The van der Waals surface area contributed by atoms with E-state index in [-0.39, 0.29) is 17.5 Å². The first-order chi connectivity index (χ1) is 14.8. The molecule has 0 bridgehead atoms. The number of fused-ring (bicyclic) bond motifs is 1. The molecule has 6 heteroatoms. The van der Waals surface area contributed by atoms with Gasteiger partial charge in [0.2, 0.25) is 0 Å². The number of rotatable bonds is 6. The van der Waals surface area contributed by atoms with E-state index < -0.39 is 0 Å². The fourth-order valence-corrected chi connectivity index (χ4v) is 4.22. The van der Waals surface area contributed by atoms with Gasteiger partial charge in [-0.1, -0.05) is 49.2 Å². The van der Waals surface area contributed by atoms with Crippen LogP contribution in [0.5, 0.6) is 5.75 Å². The molecule has 4 rings (SSSR count). The Morgan fingerprint density at radius 1 is 1.16 bits per heavy atom. The molecule has 2 aromatic carbocycles. The Morgan fingerprint density at radius 3 is 2.58 bits per heavy atom. The van der Waals surface area contributed by atoms with Gasteiger partial charge in [0.15, 0.2) is 0 Å². The highest BCUT2D eigenvalue weighted by Gasteiger charge is 2.46. The Balaban J connectivity index is 1.83. The van der Waals surface area contributed by atoms with Crippen LogP contribution in [0.2, 0.25) is 5.02 Å². The maximum Gasteiger partial charge on any atom is 0.273 e. The van der Waals surface area contributed by atoms with Crippen LogP contribution < -0.4 is 4.74 Å². The number of nitrogens with zero attached hydrogens (tertiary/aromatic N) is 2. The van der Waals surface area contributed by atoms with Crippen molar-refractivity contribution in [3.63, 3.8) is 0 Å². The van der Waals surface area contributed by atoms with Gasteiger partial charge in [0.1, 0.15) is 11.4 Å². The molecule has 31 heavy (non-hydrogen) atoms. The molecule has 0 aliphatic carbocycles. The first kappa shape index (κ1) is 21.4. The highest BCUT2D eigenvalue weighted by molar-refractivity contribution is 6.30. The van der Waals surface area contributed by atoms with Crippen LogP contribution >= 0.6 is 11.6 Å². The number of ether oxygens (including phenoxy) is 1. The minimum Gasteiger partial charge on any atom is -0.494 e. The smallest absolute Gasteiger partial charge is 0.273 e. The van der Waals surface area contributed by atoms with Gasteiger partial charge < -0.3 is 9.64 Å². The number of amides is 1. The van der Waals surface area contributed by atoms with Crippen LogP contribution in [-0.4, -0.2) is 33.2 Å². The van der Waals surface area contributed by atoms with Crippen molar-refractivity contribution in [1.82, 2.24) is 15.1 Å². The van der Waals surface area contributed by atoms with Gasteiger partial charge in [0.05, 0.1) is 18.3 Å². The van der Waals surface area contributed by atoms with Gasteiger partial charge in [0.25, 0.3) is 5.91 Å². The summed E-state index contributed by atoms with van der Waals surface area (Å²) in [6.45, 7) is 8.99. The maximum atomic E-state index is 13.4. The Bertz CT molecular complexity index is 1080. The van der Waals surface area contributed by atoms with Gasteiger partial charge in [-0.2, -0.15) is 5.10 Å². The molecule has 1 aromatic heterocycles. The van der Waals surface area contributed by atoms with E-state index in [1.165, 1.54) is 0 Å². The number of halogens is 1. The molecular formula is C25H28ClN3O2. The van der Waals surface area contributed by atoms with Gasteiger partial charge in [-0.15, -0.1) is 0 Å². The van der Waals surface area contributed by atoms with Crippen molar-refractivity contribution in [3.05, 3.63) is 70.4 Å². The third-order valence-electron chi connectivity index (χ3n) is 5.55. The molecule has 1 atom stereocenters. The van der Waals surface area contributed by atoms with Crippen LogP contribution in [0.1, 0.15) is 68.2 Å². The van der Waals surface area contributed by atoms with Crippen LogP contribution in [-0.2, 0) is 0 Å². The maximum absolute atomic E-state index is 13.4. The quantitative estimate of drug-likeness (QED) is 0.463. The molecule has 2 heterocycles. The number of aromatic nitrogens is 2. The standard InChI is InChI=1S/C25H28ClN3O2/c1-5-6-14-31-19-9-7-8-17(15-19)23-20-21(16-10-12-18(26)13-11-16)27-28-22(20)24(30)29(23)25(2,3)4/h7-13,15,23H,5-6,14H2,1-4H3,(H,27,28). The summed E-state index contributed by atoms with van der Waals surface area (Å²) in [5.41, 5.74) is 3.76. The Labute approximate surface area is 188 Å². The number of unbranched alkanes of at least 4 members (excludes halogenated alkanes) is 1. The van der Waals surface area contributed by atoms with Crippen molar-refractivity contribution >= 4 is 17.5 Å². The SMILES string of the molecule is CCCCOc1cccc(C2c3c(-c4ccc(Cl)cc4)n[nH]c3C(=O)N2C(C)(C)C)c1. The second-order valence-corrected chi connectivity index (χ2v) is 9.33. The molecule has 162 valence electrons. The van der Waals surface area contributed by atoms with Gasteiger partial charge >= 0.3 is 0 Å². The number of hydrogen-bond donors (Lipinski definition) is 1. The van der Waals surface area contributed by atoms with Crippen molar-refractivity contribution in [2.45, 2.75) is 52.1 Å². The minimum absolute atomic E-state index is 0.0440. The Kier molecular flexibility index (Phi) is 5.80. The predicted octanol–water partition coefficient (Wildman–Crippen LogP) is 6.25. The van der Waals surface area contributed by atoms with E-state index in [0.29, 0.717) is 17.3 Å². The summed E-state index contributed by atoms with van der Waals surface area (Å²) in [6, 6.07) is 15.3. The summed E-state index contributed by atoms with van der Waals surface area (Å²) in [4.78, 5) is 15.4. The zero-order valence-corrected chi connectivity index (χ0v) is 19.2. The number of aromatic amines is 1. The molecule has 0 saturated heterocycles. The van der Waals surface area contributed by atoms with Crippen molar-refractivity contribution in [2.24, 2.45) is 0 Å². The molecular weight excluding hydrogens is 410 g/mol. The molecule has 1 aliphatic heterocycles. The lowest BCUT2D eigenvalue weighted by molar-refractivity contribution is 0.0545. The molecule has 1 unspecified atom stereocenters. The van der Waals surface area contributed by atoms with Gasteiger partial charge in [0, 0.05) is 21.7 Å². The lowest BCUT2D eigenvalue weighted by Gasteiger charge is -2.37. The number of carbonyl (C=O) groups is 1. The molecule has 1 aliphatic rings. The van der Waals surface area contributed by atoms with Crippen LogP contribution in [0.15, 0.2) is 48.5 Å². The van der Waals surface area contributed by atoms with Gasteiger partial charge in [-0.3, -0.25) is 9.89 Å². The summed E-state index contributed by atoms with van der Waals surface area (Å²) in [5, 5.41) is 8.18. The Hall–Kier alpha value is -2.79. The number of H-pyrrole nitrogens is 1. The molecule has 5 nitrogen and oxygen atoms in total. The molecule has 0 saturated carbocycles. The molecule has 3 aromatic rings. The lowest BCUT2D eigenvalue weighted by atomic mass is 9.93. The van der Waals surface area contributed by atoms with Crippen LogP contribution in [0.3, 0.4) is 0 Å². The lowest BCUT2D eigenvalue weighted by Crippen LogP contribution is -2.44. The molecule has 1 N–H and O–H groups in total. The molecule has 1 amide bonds. The van der Waals surface area contributed by atoms with Crippen molar-refractivity contribution < 1.29 is 9.53 Å². The average Bonchev–Trinajstić information content (AvgIpc) is 3.28. The van der Waals surface area contributed by atoms with Crippen LogP contribution in [0, 0.1) is 0 Å². The predicted molar refractivity (Wildman–Crippen MR) is 124 cm³/mol. The zero-order valence-electron chi connectivity index (χ0n) is 18.4. The van der Waals surface area contributed by atoms with E-state index in [9.17, 15) is 4.79 Å². The highest BCUT2D eigenvalue weighted by Crippen LogP contribution is 2.46. The highest BCUT2D eigenvalue weighted by atomic mass is 35.5. The normalized spacial score (nSPS) is 16.0. The summed E-state index contributed by atoms with van der Waals surface area (Å²) >= 11 is 6.09. The number of carbonyl (C=O) groups excluding carboxylic acids is 1. The van der Waals surface area contributed by atoms with E-state index >= 15 is 0 Å². The zero-order chi connectivity index (χ0) is 22.2. The Morgan fingerprint density at radius 2 is 1.90 bits per heavy atom. The number of benzene rings is 2. The summed E-state index contributed by atoms with van der Waals surface area (Å²) < 4.78 is 5.95. The van der Waals surface area contributed by atoms with Gasteiger partial charge in [-0.05, 0) is 57.0 Å². The summed E-state index contributed by atoms with van der Waals surface area (Å²) in [7, 11) is 0. The van der Waals surface area contributed by atoms with Crippen LogP contribution in [0.4, 0.5) is 0 Å². The fourth-order valence-electron chi connectivity index (χ4n) is 4.09. The second kappa shape index (κ2) is 8.39. The van der Waals surface area contributed by atoms with Crippen molar-refractivity contribution in [1.29, 1.82) is 0 Å². The van der Waals surface area contributed by atoms with E-state index in [4.69, 9.17) is 16.3 Å². The van der Waals surface area contributed by atoms with E-state index in [1.54, 1.807) is 0 Å². The fraction of sp³-hybridized carbons (Fsp3) is 0.360. The van der Waals surface area contributed by atoms with E-state index in [1.807, 2.05) is 47.4 Å².